The van der Waals surface area contributed by atoms with Crippen molar-refractivity contribution in [3.8, 4) is 0 Å². The Balaban J connectivity index is 2.21. The van der Waals surface area contributed by atoms with Crippen molar-refractivity contribution in [3.05, 3.63) is 30.1 Å². The number of hydrogen-bond donors (Lipinski definition) is 2. The molecule has 3 atom stereocenters. The number of hydrogen-bond acceptors (Lipinski definition) is 3. The minimum absolute atomic E-state index is 0.151. The number of aromatic nitrogens is 1. The van der Waals surface area contributed by atoms with Crippen molar-refractivity contribution in [2.45, 2.75) is 45.1 Å². The quantitative estimate of drug-likeness (QED) is 0.861. The van der Waals surface area contributed by atoms with Gasteiger partial charge < -0.3 is 10.8 Å². The van der Waals surface area contributed by atoms with Gasteiger partial charge in [0.15, 0.2) is 0 Å². The first kappa shape index (κ1) is 13.5. The summed E-state index contributed by atoms with van der Waals surface area (Å²) in [6.07, 6.45) is 8.71. The van der Waals surface area contributed by atoms with E-state index in [9.17, 15) is 5.11 Å². The van der Waals surface area contributed by atoms with Gasteiger partial charge in [-0.25, -0.2) is 0 Å². The molecular weight excluding hydrogens is 224 g/mol. The summed E-state index contributed by atoms with van der Waals surface area (Å²) in [5, 5.41) is 10.7. The fourth-order valence-electron chi connectivity index (χ4n) is 3.31. The molecule has 0 saturated heterocycles. The van der Waals surface area contributed by atoms with E-state index in [1.807, 2.05) is 12.1 Å². The fraction of sp³-hybridized carbons (Fsp3) is 0.667. The lowest BCUT2D eigenvalue weighted by Crippen LogP contribution is -2.41. The van der Waals surface area contributed by atoms with Gasteiger partial charge in [-0.05, 0) is 30.4 Å². The lowest BCUT2D eigenvalue weighted by atomic mass is 9.64. The molecule has 1 fully saturated rings. The summed E-state index contributed by atoms with van der Waals surface area (Å²) >= 11 is 0. The van der Waals surface area contributed by atoms with E-state index in [0.717, 1.165) is 18.4 Å². The summed E-state index contributed by atoms with van der Waals surface area (Å²) in [6.45, 7) is 2.78. The van der Waals surface area contributed by atoms with Gasteiger partial charge in [0.1, 0.15) is 0 Å². The summed E-state index contributed by atoms with van der Waals surface area (Å²) in [5.74, 6) is 0.702. The SMILES string of the molecule is CCC1CCCC(CN)(C(O)c2cccnc2)C1. The molecule has 1 aliphatic rings. The zero-order chi connectivity index (χ0) is 13.0. The first-order valence-corrected chi connectivity index (χ1v) is 7.00. The number of rotatable bonds is 4. The Morgan fingerprint density at radius 1 is 1.61 bits per heavy atom. The van der Waals surface area contributed by atoms with Crippen molar-refractivity contribution in [1.82, 2.24) is 4.98 Å². The van der Waals surface area contributed by atoms with Gasteiger partial charge in [-0.2, -0.15) is 0 Å². The molecule has 18 heavy (non-hydrogen) atoms. The molecule has 1 heterocycles. The third-order valence-electron chi connectivity index (χ3n) is 4.55. The molecule has 0 bridgehead atoms. The van der Waals surface area contributed by atoms with Crippen LogP contribution in [0.3, 0.4) is 0 Å². The highest BCUT2D eigenvalue weighted by Gasteiger charge is 2.41. The number of aliphatic hydroxyl groups is 1. The second-order valence-corrected chi connectivity index (χ2v) is 5.63. The fourth-order valence-corrected chi connectivity index (χ4v) is 3.31. The number of nitrogens with two attached hydrogens (primary N) is 1. The van der Waals surface area contributed by atoms with Gasteiger partial charge in [-0.15, -0.1) is 0 Å². The van der Waals surface area contributed by atoms with Crippen LogP contribution in [-0.2, 0) is 0 Å². The summed E-state index contributed by atoms with van der Waals surface area (Å²) < 4.78 is 0. The molecule has 0 spiro atoms. The van der Waals surface area contributed by atoms with Crippen LogP contribution in [0.25, 0.3) is 0 Å². The number of pyridine rings is 1. The van der Waals surface area contributed by atoms with E-state index in [-0.39, 0.29) is 5.41 Å². The van der Waals surface area contributed by atoms with E-state index in [2.05, 4.69) is 11.9 Å². The predicted octanol–water partition coefficient (Wildman–Crippen LogP) is 2.66. The van der Waals surface area contributed by atoms with Crippen molar-refractivity contribution >= 4 is 0 Å². The highest BCUT2D eigenvalue weighted by Crippen LogP contribution is 2.47. The summed E-state index contributed by atoms with van der Waals surface area (Å²) in [7, 11) is 0. The molecule has 0 aliphatic heterocycles. The minimum atomic E-state index is -0.481. The van der Waals surface area contributed by atoms with Gasteiger partial charge in [0, 0.05) is 24.4 Å². The van der Waals surface area contributed by atoms with Gasteiger partial charge in [-0.3, -0.25) is 4.98 Å². The topological polar surface area (TPSA) is 59.1 Å². The van der Waals surface area contributed by atoms with Crippen LogP contribution in [-0.4, -0.2) is 16.6 Å². The van der Waals surface area contributed by atoms with Crippen LogP contribution < -0.4 is 5.73 Å². The first-order valence-electron chi connectivity index (χ1n) is 7.00. The molecule has 100 valence electrons. The normalized spacial score (nSPS) is 30.1. The Morgan fingerprint density at radius 2 is 2.44 bits per heavy atom. The maximum Gasteiger partial charge on any atom is 0.0873 e. The van der Waals surface area contributed by atoms with Gasteiger partial charge in [0.2, 0.25) is 0 Å². The lowest BCUT2D eigenvalue weighted by Gasteiger charge is -2.43. The van der Waals surface area contributed by atoms with Gasteiger partial charge in [-0.1, -0.05) is 32.3 Å². The first-order chi connectivity index (χ1) is 8.72. The lowest BCUT2D eigenvalue weighted by molar-refractivity contribution is -0.0163. The molecule has 3 nitrogen and oxygen atoms in total. The van der Waals surface area contributed by atoms with E-state index in [1.54, 1.807) is 12.4 Å². The maximum atomic E-state index is 10.7. The highest BCUT2D eigenvalue weighted by atomic mass is 16.3. The summed E-state index contributed by atoms with van der Waals surface area (Å²) in [5.41, 5.74) is 6.76. The van der Waals surface area contributed by atoms with Crippen molar-refractivity contribution in [2.24, 2.45) is 17.1 Å². The molecular formula is C15H24N2O. The molecule has 2 rings (SSSR count). The molecule has 1 aromatic rings. The van der Waals surface area contributed by atoms with E-state index >= 15 is 0 Å². The van der Waals surface area contributed by atoms with Crippen molar-refractivity contribution in [2.75, 3.05) is 6.54 Å². The van der Waals surface area contributed by atoms with Crippen LogP contribution in [0.15, 0.2) is 24.5 Å². The molecule has 0 amide bonds. The van der Waals surface area contributed by atoms with Crippen molar-refractivity contribution < 1.29 is 5.11 Å². The molecule has 0 radical (unpaired) electrons. The Hall–Kier alpha value is -0.930. The molecule has 3 N–H and O–H groups in total. The van der Waals surface area contributed by atoms with Crippen LogP contribution in [0.2, 0.25) is 0 Å². The zero-order valence-electron chi connectivity index (χ0n) is 11.2. The smallest absolute Gasteiger partial charge is 0.0873 e. The van der Waals surface area contributed by atoms with Crippen LogP contribution in [0, 0.1) is 11.3 Å². The summed E-state index contributed by atoms with van der Waals surface area (Å²) in [4.78, 5) is 4.10. The highest BCUT2D eigenvalue weighted by molar-refractivity contribution is 5.16. The molecule has 0 aromatic carbocycles. The van der Waals surface area contributed by atoms with Crippen molar-refractivity contribution in [1.29, 1.82) is 0 Å². The summed E-state index contributed by atoms with van der Waals surface area (Å²) in [6, 6.07) is 3.83. The average Bonchev–Trinajstić information content (AvgIpc) is 2.47. The Kier molecular flexibility index (Phi) is 4.36. The van der Waals surface area contributed by atoms with E-state index < -0.39 is 6.10 Å². The largest absolute Gasteiger partial charge is 0.388 e. The third kappa shape index (κ3) is 2.57. The van der Waals surface area contributed by atoms with Gasteiger partial charge in [0.05, 0.1) is 6.10 Å². The molecule has 1 aliphatic carbocycles. The van der Waals surface area contributed by atoms with Crippen LogP contribution in [0.5, 0.6) is 0 Å². The van der Waals surface area contributed by atoms with E-state index in [1.165, 1.54) is 19.3 Å². The van der Waals surface area contributed by atoms with Crippen LogP contribution in [0.4, 0.5) is 0 Å². The van der Waals surface area contributed by atoms with Gasteiger partial charge in [0.25, 0.3) is 0 Å². The van der Waals surface area contributed by atoms with Crippen LogP contribution in [0.1, 0.15) is 50.7 Å². The molecule has 3 heteroatoms. The van der Waals surface area contributed by atoms with E-state index in [0.29, 0.717) is 12.5 Å². The second-order valence-electron chi connectivity index (χ2n) is 5.63. The third-order valence-corrected chi connectivity index (χ3v) is 4.55. The molecule has 1 saturated carbocycles. The monoisotopic (exact) mass is 248 g/mol. The average molecular weight is 248 g/mol. The number of nitrogens with zero attached hydrogens (tertiary/aromatic N) is 1. The van der Waals surface area contributed by atoms with Gasteiger partial charge >= 0.3 is 0 Å². The predicted molar refractivity (Wildman–Crippen MR) is 72.9 cm³/mol. The molecule has 1 aromatic heterocycles. The minimum Gasteiger partial charge on any atom is -0.388 e. The Labute approximate surface area is 109 Å². The second kappa shape index (κ2) is 5.81. The maximum absolute atomic E-state index is 10.7. The molecule has 3 unspecified atom stereocenters. The van der Waals surface area contributed by atoms with Crippen LogP contribution >= 0.6 is 0 Å². The standard InChI is InChI=1S/C15H24N2O/c1-2-12-5-3-7-15(9-12,11-16)14(18)13-6-4-8-17-10-13/h4,6,8,10,12,14,18H,2-3,5,7,9,11,16H2,1H3. The van der Waals surface area contributed by atoms with Crippen molar-refractivity contribution in [3.63, 3.8) is 0 Å². The Bertz CT molecular complexity index is 368. The Morgan fingerprint density at radius 3 is 3.06 bits per heavy atom. The number of aliphatic hydroxyl groups excluding tert-OH is 1. The zero-order valence-corrected chi connectivity index (χ0v) is 11.2. The van der Waals surface area contributed by atoms with E-state index in [4.69, 9.17) is 5.73 Å².